The molecule has 0 fully saturated rings. The average Bonchev–Trinajstić information content (AvgIpc) is 1.64. The van der Waals surface area contributed by atoms with Crippen LogP contribution in [0.5, 0.6) is 0 Å². The molecule has 6 aromatic heterocycles. The summed E-state index contributed by atoms with van der Waals surface area (Å²) in [6, 6.07) is 148. The van der Waals surface area contributed by atoms with Gasteiger partial charge in [-0.25, -0.2) is 0 Å². The van der Waals surface area contributed by atoms with E-state index in [9.17, 15) is 0 Å². The number of halogens is 3. The van der Waals surface area contributed by atoms with Gasteiger partial charge in [0.1, 0.15) is 0 Å². The molecule has 0 aliphatic heterocycles. The maximum atomic E-state index is 3.85. The molecule has 0 N–H and O–H groups in total. The fourth-order valence-corrected chi connectivity index (χ4v) is 34.9. The molecule has 0 bridgehead atoms. The summed E-state index contributed by atoms with van der Waals surface area (Å²) in [4.78, 5) is 10.0. The maximum absolute atomic E-state index is 3.85. The number of thiophene rings is 6. The van der Waals surface area contributed by atoms with Crippen molar-refractivity contribution in [3.8, 4) is 29.3 Å². The third-order valence-electron chi connectivity index (χ3n) is 22.9. The summed E-state index contributed by atoms with van der Waals surface area (Å²) in [7, 11) is -1.78. The molecule has 0 aliphatic rings. The Morgan fingerprint density at radius 3 is 0.590 bits per heavy atom. The number of hydrogen-bond acceptors (Lipinski definition) is 8. The molecular weight excluding hydrogens is 2200 g/mol. The smallest absolute Gasteiger partial charge is 0.0737 e. The summed E-state index contributed by atoms with van der Waals surface area (Å²) in [5.74, 6) is 0. The first-order valence-electron chi connectivity index (χ1n) is 48.5. The van der Waals surface area contributed by atoms with Crippen LogP contribution in [0.2, 0.25) is 0 Å². The van der Waals surface area contributed by atoms with Crippen LogP contribution in [-0.4, -0.2) is 12.5 Å². The Hall–Kier alpha value is -6.64. The standard InChI is InChI=1S/C25H33BrS4.C20H28Br2S2.4C18H15P.C6H8S2.Pd/c1-4-6-8-10-12-18-16-21(29-24(18)20-14-15-23(27-3)28-20)22-17-19(25(26)30-22)13-11-9-7-5-2;1-3-5-7-9-11-15-13-17(23-19(15)21)18-14-16(20(22)24-18)12-10-8-6-4-2;4*1-4-10-16(11-5-1)19(17-12-6-2-7-13-17)18-14-8-3-9-15-18;1-5-3-4-6(7-2)8-5;/h14-17H,4-13H2,1-3H3;13-14H,3-12H2,1-2H3;4*1-15H;3-4H,1-2H3;. The van der Waals surface area contributed by atoms with E-state index in [1.807, 2.05) is 91.5 Å². The topological polar surface area (TPSA) is 0 Å². The van der Waals surface area contributed by atoms with Gasteiger partial charge < -0.3 is 0 Å². The van der Waals surface area contributed by atoms with Gasteiger partial charge >= 0.3 is 0 Å². The largest absolute Gasteiger partial charge is 0.134 e. The number of hydrogen-bond donors (Lipinski definition) is 0. The van der Waals surface area contributed by atoms with Crippen LogP contribution >= 0.6 is 171 Å². The van der Waals surface area contributed by atoms with Crippen LogP contribution in [0, 0.1) is 6.92 Å². The molecule has 18 rings (SSSR count). The average molecular weight is 2330 g/mol. The van der Waals surface area contributed by atoms with E-state index in [-0.39, 0.29) is 20.4 Å². The Bertz CT molecular complexity index is 5390. The number of aryl methyl sites for hydroxylation is 5. The molecule has 0 radical (unpaired) electrons. The molecule has 6 heterocycles. The molecule has 0 aliphatic carbocycles. The number of rotatable bonds is 37. The van der Waals surface area contributed by atoms with Crippen molar-refractivity contribution in [2.45, 2.75) is 171 Å². The van der Waals surface area contributed by atoms with Crippen molar-refractivity contribution in [2.75, 3.05) is 12.5 Å². The first-order chi connectivity index (χ1) is 67.9. The predicted octanol–water partition coefficient (Wildman–Crippen LogP) is 36.7. The molecular formula is C123H129Br3P4PdS8. The summed E-state index contributed by atoms with van der Waals surface area (Å²) in [5, 5.41) is 16.8. The molecule has 0 saturated heterocycles. The molecule has 18 aromatic rings. The molecule has 720 valence electrons. The van der Waals surface area contributed by atoms with Crippen LogP contribution < -0.4 is 63.7 Å². The van der Waals surface area contributed by atoms with Crippen LogP contribution in [0.4, 0.5) is 0 Å². The Morgan fingerprint density at radius 1 is 0.209 bits per heavy atom. The summed E-state index contributed by atoms with van der Waals surface area (Å²) >= 11 is 26.6. The van der Waals surface area contributed by atoms with Crippen molar-refractivity contribution in [2.24, 2.45) is 0 Å². The normalized spacial score (nSPS) is 10.8. The van der Waals surface area contributed by atoms with Crippen molar-refractivity contribution >= 4 is 235 Å². The Kier molecular flexibility index (Phi) is 52.7. The minimum Gasteiger partial charge on any atom is -0.134 e. The fraction of sp³-hybridized carbons (Fsp3) is 0.220. The molecule has 0 spiro atoms. The van der Waals surface area contributed by atoms with Crippen molar-refractivity contribution < 1.29 is 20.4 Å². The van der Waals surface area contributed by atoms with Gasteiger partial charge in [0.05, 0.1) is 19.8 Å². The molecule has 12 aromatic carbocycles. The summed E-state index contributed by atoms with van der Waals surface area (Å²) < 4.78 is 6.79. The third-order valence-corrected chi connectivity index (χ3v) is 44.5. The van der Waals surface area contributed by atoms with E-state index in [1.165, 1.54) is 263 Å². The molecule has 0 nitrogen and oxygen atoms in total. The van der Waals surface area contributed by atoms with E-state index in [0.717, 1.165) is 0 Å². The van der Waals surface area contributed by atoms with Gasteiger partial charge in [-0.05, 0) is 285 Å². The molecule has 0 amide bonds. The van der Waals surface area contributed by atoms with Gasteiger partial charge in [0.15, 0.2) is 0 Å². The SMILES string of the molecule is CCCCCCc1cc(-c2cc(CCCCCC)c(-c3ccc(SC)s3)s2)sc1Br.CCCCCCc1cc(-c2cc(CCCCCC)c(Br)s2)sc1Br.CSc1ccc(C)s1.[Pd].c1ccc(P(c2ccccc2)c2ccccc2)cc1.c1ccc(P(c2ccccc2)c2ccccc2)cc1.c1ccc(P(c2ccccc2)c2ccccc2)cc1.c1ccc(P(c2ccccc2)c2ccccc2)cc1. The zero-order valence-corrected chi connectivity index (χ0v) is 97.3. The van der Waals surface area contributed by atoms with Crippen LogP contribution in [0.3, 0.4) is 0 Å². The number of thioether (sulfide) groups is 2. The van der Waals surface area contributed by atoms with E-state index in [2.05, 4.69) is 507 Å². The van der Waals surface area contributed by atoms with Crippen molar-refractivity contribution in [1.29, 1.82) is 0 Å². The van der Waals surface area contributed by atoms with Gasteiger partial charge in [-0.15, -0.1) is 91.5 Å². The van der Waals surface area contributed by atoms with E-state index in [0.29, 0.717) is 0 Å². The second kappa shape index (κ2) is 65.0. The Balaban J connectivity index is 0.000000158. The van der Waals surface area contributed by atoms with E-state index in [1.54, 1.807) is 5.56 Å². The first-order valence-corrected chi connectivity index (χ1v) is 63.6. The molecule has 139 heavy (non-hydrogen) atoms. The van der Waals surface area contributed by atoms with Crippen molar-refractivity contribution in [1.82, 2.24) is 0 Å². The van der Waals surface area contributed by atoms with Crippen molar-refractivity contribution in [3.63, 3.8) is 0 Å². The van der Waals surface area contributed by atoms with E-state index < -0.39 is 31.7 Å². The van der Waals surface area contributed by atoms with Crippen LogP contribution in [0.25, 0.3) is 29.3 Å². The minimum absolute atomic E-state index is 0. The molecule has 0 saturated carbocycles. The van der Waals surface area contributed by atoms with Gasteiger partial charge in [0, 0.05) is 54.6 Å². The maximum Gasteiger partial charge on any atom is 0.0737 e. The van der Waals surface area contributed by atoms with Crippen LogP contribution in [0.15, 0.2) is 432 Å². The number of benzene rings is 12. The van der Waals surface area contributed by atoms with Gasteiger partial charge in [0.2, 0.25) is 0 Å². The Morgan fingerprint density at radius 2 is 0.403 bits per heavy atom. The molecule has 0 unspecified atom stereocenters. The van der Waals surface area contributed by atoms with Crippen LogP contribution in [0.1, 0.15) is 158 Å². The monoisotopic (exact) mass is 2330 g/mol. The summed E-state index contributed by atoms with van der Waals surface area (Å²) in [5.41, 5.74) is 6.02. The third kappa shape index (κ3) is 37.1. The second-order valence-electron chi connectivity index (χ2n) is 33.2. The zero-order valence-electron chi connectivity index (χ0n) is 80.9. The quantitative estimate of drug-likeness (QED) is 0.0165. The summed E-state index contributed by atoms with van der Waals surface area (Å²) in [6.45, 7) is 11.2. The first kappa shape index (κ1) is 113. The predicted molar refractivity (Wildman–Crippen MR) is 646 cm³/mol. The summed E-state index contributed by atoms with van der Waals surface area (Å²) in [6.07, 6.45) is 30.3. The van der Waals surface area contributed by atoms with E-state index in [4.69, 9.17) is 0 Å². The Labute approximate surface area is 909 Å². The van der Waals surface area contributed by atoms with Gasteiger partial charge in [-0.1, -0.05) is 469 Å². The van der Waals surface area contributed by atoms with Crippen molar-refractivity contribution in [3.05, 3.63) is 451 Å². The van der Waals surface area contributed by atoms with Gasteiger partial charge in [-0.3, -0.25) is 0 Å². The van der Waals surface area contributed by atoms with E-state index >= 15 is 0 Å². The van der Waals surface area contributed by atoms with Crippen LogP contribution in [-0.2, 0) is 46.1 Å². The minimum atomic E-state index is -0.446. The fourth-order valence-electron chi connectivity index (χ4n) is 15.8. The van der Waals surface area contributed by atoms with Gasteiger partial charge in [0.25, 0.3) is 0 Å². The molecule has 0 atom stereocenters. The zero-order chi connectivity index (χ0) is 96.4. The second-order valence-corrected chi connectivity index (χ2v) is 54.8. The number of unbranched alkanes of at least 4 members (excludes halogenated alkanes) is 12. The molecule has 16 heteroatoms. The van der Waals surface area contributed by atoms with Gasteiger partial charge in [-0.2, -0.15) is 0 Å².